The molecule has 0 heterocycles. The first-order chi connectivity index (χ1) is 9.71. The van der Waals surface area contributed by atoms with Crippen molar-refractivity contribution in [1.29, 1.82) is 0 Å². The van der Waals surface area contributed by atoms with Gasteiger partial charge in [0.25, 0.3) is 0 Å². The highest BCUT2D eigenvalue weighted by molar-refractivity contribution is 7.98. The van der Waals surface area contributed by atoms with Crippen LogP contribution in [0.5, 0.6) is 0 Å². The second kappa shape index (κ2) is 14.2. The molecule has 0 spiro atoms. The number of nitrogens with zero attached hydrogens (tertiary/aromatic N) is 1. The summed E-state index contributed by atoms with van der Waals surface area (Å²) < 4.78 is 0. The van der Waals surface area contributed by atoms with Gasteiger partial charge in [-0.2, -0.15) is 11.8 Å². The third-order valence-corrected chi connectivity index (χ3v) is 5.11. The molecule has 0 bridgehead atoms. The van der Waals surface area contributed by atoms with Gasteiger partial charge in [-0.1, -0.05) is 58.8 Å². The summed E-state index contributed by atoms with van der Waals surface area (Å²) in [5.41, 5.74) is 5.99. The summed E-state index contributed by atoms with van der Waals surface area (Å²) >= 11 is 1.95. The molecule has 0 aromatic rings. The smallest absolute Gasteiger partial charge is 0.0218 e. The van der Waals surface area contributed by atoms with E-state index in [-0.39, 0.29) is 0 Å². The first-order valence-electron chi connectivity index (χ1n) is 8.62. The monoisotopic (exact) mass is 302 g/mol. The number of thioether (sulfide) groups is 1. The summed E-state index contributed by atoms with van der Waals surface area (Å²) in [6, 6.07) is 1.26. The van der Waals surface area contributed by atoms with Crippen molar-refractivity contribution in [3.05, 3.63) is 0 Å². The fourth-order valence-corrected chi connectivity index (χ4v) is 3.69. The molecular formula is C17H38N2S. The Labute approximate surface area is 132 Å². The van der Waals surface area contributed by atoms with Gasteiger partial charge in [-0.3, -0.25) is 4.90 Å². The second-order valence-electron chi connectivity index (χ2n) is 5.98. The van der Waals surface area contributed by atoms with Crippen LogP contribution in [0, 0.1) is 0 Å². The van der Waals surface area contributed by atoms with Crippen molar-refractivity contribution in [2.24, 2.45) is 5.73 Å². The van der Waals surface area contributed by atoms with E-state index >= 15 is 0 Å². The molecule has 0 aromatic carbocycles. The molecule has 0 saturated heterocycles. The summed E-state index contributed by atoms with van der Waals surface area (Å²) in [5, 5.41) is 0. The Hall–Kier alpha value is 0.270. The Balaban J connectivity index is 3.84. The van der Waals surface area contributed by atoms with Crippen molar-refractivity contribution in [2.75, 3.05) is 25.6 Å². The van der Waals surface area contributed by atoms with Gasteiger partial charge >= 0.3 is 0 Å². The average molecular weight is 303 g/mol. The van der Waals surface area contributed by atoms with E-state index in [1.54, 1.807) is 0 Å². The molecule has 0 amide bonds. The van der Waals surface area contributed by atoms with Crippen LogP contribution in [-0.2, 0) is 0 Å². The zero-order valence-electron chi connectivity index (χ0n) is 14.4. The summed E-state index contributed by atoms with van der Waals surface area (Å²) in [7, 11) is 2.27. The van der Waals surface area contributed by atoms with E-state index in [0.29, 0.717) is 12.1 Å². The lowest BCUT2D eigenvalue weighted by Crippen LogP contribution is -2.45. The topological polar surface area (TPSA) is 29.3 Å². The predicted octanol–water partition coefficient (Wildman–Crippen LogP) is 4.53. The Kier molecular flexibility index (Phi) is 14.4. The lowest BCUT2D eigenvalue weighted by Gasteiger charge is -2.34. The maximum absolute atomic E-state index is 5.99. The largest absolute Gasteiger partial charge is 0.329 e. The van der Waals surface area contributed by atoms with E-state index in [0.717, 1.165) is 6.54 Å². The molecule has 2 unspecified atom stereocenters. The molecule has 122 valence electrons. The Morgan fingerprint density at radius 3 is 2.05 bits per heavy atom. The predicted molar refractivity (Wildman–Crippen MR) is 95.7 cm³/mol. The normalized spacial score (nSPS) is 14.7. The zero-order valence-corrected chi connectivity index (χ0v) is 15.2. The van der Waals surface area contributed by atoms with Crippen molar-refractivity contribution < 1.29 is 0 Å². The fourth-order valence-electron chi connectivity index (χ4n) is 2.84. The summed E-state index contributed by atoms with van der Waals surface area (Å²) in [6.45, 7) is 5.37. The van der Waals surface area contributed by atoms with Gasteiger partial charge in [0.05, 0.1) is 0 Å². The van der Waals surface area contributed by atoms with Crippen molar-refractivity contribution in [3.8, 4) is 0 Å². The van der Waals surface area contributed by atoms with Gasteiger partial charge in [-0.15, -0.1) is 0 Å². The van der Waals surface area contributed by atoms with Gasteiger partial charge in [-0.05, 0) is 26.1 Å². The molecule has 2 atom stereocenters. The first kappa shape index (κ1) is 20.3. The maximum Gasteiger partial charge on any atom is 0.0218 e. The van der Waals surface area contributed by atoms with Gasteiger partial charge in [0.1, 0.15) is 0 Å². The van der Waals surface area contributed by atoms with Crippen molar-refractivity contribution in [2.45, 2.75) is 83.7 Å². The third-order valence-electron chi connectivity index (χ3n) is 4.40. The summed E-state index contributed by atoms with van der Waals surface area (Å²) in [4.78, 5) is 2.54. The zero-order chi connectivity index (χ0) is 15.2. The molecule has 0 aromatic heterocycles. The minimum absolute atomic E-state index is 0.572. The molecular weight excluding hydrogens is 264 g/mol. The van der Waals surface area contributed by atoms with Crippen LogP contribution in [0.4, 0.5) is 0 Å². The Bertz CT molecular complexity index is 199. The van der Waals surface area contributed by atoms with Crippen LogP contribution in [0.25, 0.3) is 0 Å². The molecule has 0 saturated carbocycles. The minimum atomic E-state index is 0.572. The molecule has 2 N–H and O–H groups in total. The summed E-state index contributed by atoms with van der Waals surface area (Å²) in [5.74, 6) is 1.22. The number of hydrogen-bond acceptors (Lipinski definition) is 3. The number of hydrogen-bond donors (Lipinski definition) is 1. The first-order valence-corrected chi connectivity index (χ1v) is 10.0. The fraction of sp³-hybridized carbons (Fsp3) is 1.00. The highest BCUT2D eigenvalue weighted by Crippen LogP contribution is 2.16. The molecule has 0 rings (SSSR count). The van der Waals surface area contributed by atoms with E-state index in [1.807, 2.05) is 11.8 Å². The lowest BCUT2D eigenvalue weighted by molar-refractivity contribution is 0.175. The van der Waals surface area contributed by atoms with E-state index in [4.69, 9.17) is 5.73 Å². The van der Waals surface area contributed by atoms with Gasteiger partial charge in [-0.25, -0.2) is 0 Å². The van der Waals surface area contributed by atoms with Crippen LogP contribution in [-0.4, -0.2) is 42.6 Å². The van der Waals surface area contributed by atoms with Gasteiger partial charge in [0, 0.05) is 24.4 Å². The number of likely N-dealkylation sites (N-methyl/N-ethyl adjacent to an activating group) is 1. The van der Waals surface area contributed by atoms with Crippen molar-refractivity contribution in [1.82, 2.24) is 4.90 Å². The third kappa shape index (κ3) is 9.25. The molecule has 3 heteroatoms. The van der Waals surface area contributed by atoms with Crippen LogP contribution in [0.1, 0.15) is 71.6 Å². The van der Waals surface area contributed by atoms with Crippen molar-refractivity contribution in [3.63, 3.8) is 0 Å². The van der Waals surface area contributed by atoms with Gasteiger partial charge < -0.3 is 5.73 Å². The van der Waals surface area contributed by atoms with Crippen LogP contribution in [0.15, 0.2) is 0 Å². The van der Waals surface area contributed by atoms with Crippen LogP contribution in [0.3, 0.4) is 0 Å². The van der Waals surface area contributed by atoms with E-state index in [9.17, 15) is 0 Å². The molecule has 0 aliphatic rings. The van der Waals surface area contributed by atoms with Crippen LogP contribution < -0.4 is 5.73 Å². The highest BCUT2D eigenvalue weighted by Gasteiger charge is 2.19. The molecule has 0 radical (unpaired) electrons. The number of unbranched alkanes of at least 4 members (excludes halogenated alkanes) is 6. The van der Waals surface area contributed by atoms with E-state index in [2.05, 4.69) is 32.1 Å². The van der Waals surface area contributed by atoms with Gasteiger partial charge in [0.2, 0.25) is 0 Å². The second-order valence-corrected chi connectivity index (χ2v) is 6.89. The molecule has 0 aliphatic carbocycles. The standard InChI is InChI=1S/C17H38N2S/c1-5-7-8-9-10-11-12-13-17(14-18)19(3)16(6-2)15-20-4/h16-17H,5-15,18H2,1-4H3. The van der Waals surface area contributed by atoms with Crippen LogP contribution >= 0.6 is 11.8 Å². The highest BCUT2D eigenvalue weighted by atomic mass is 32.2. The summed E-state index contributed by atoms with van der Waals surface area (Å²) in [6.07, 6.45) is 14.4. The molecule has 0 fully saturated rings. The lowest BCUT2D eigenvalue weighted by atomic mass is 10.0. The average Bonchev–Trinajstić information content (AvgIpc) is 2.47. The van der Waals surface area contributed by atoms with E-state index < -0.39 is 0 Å². The van der Waals surface area contributed by atoms with E-state index in [1.165, 1.54) is 63.5 Å². The van der Waals surface area contributed by atoms with Crippen LogP contribution in [0.2, 0.25) is 0 Å². The Morgan fingerprint density at radius 2 is 1.55 bits per heavy atom. The maximum atomic E-state index is 5.99. The molecule has 0 aliphatic heterocycles. The molecule has 20 heavy (non-hydrogen) atoms. The molecule has 2 nitrogen and oxygen atoms in total. The SMILES string of the molecule is CCCCCCCCCC(CN)N(C)C(CC)CSC. The number of nitrogens with two attached hydrogens (primary N) is 1. The minimum Gasteiger partial charge on any atom is -0.329 e. The van der Waals surface area contributed by atoms with Crippen molar-refractivity contribution >= 4 is 11.8 Å². The van der Waals surface area contributed by atoms with Gasteiger partial charge in [0.15, 0.2) is 0 Å². The quantitative estimate of drug-likeness (QED) is 0.478. The Morgan fingerprint density at radius 1 is 0.950 bits per heavy atom. The number of rotatable bonds is 14.